The van der Waals surface area contributed by atoms with Crippen molar-refractivity contribution >= 4 is 33.5 Å². The largest absolute Gasteiger partial charge is 0.573 e. The molecule has 0 saturated heterocycles. The van der Waals surface area contributed by atoms with Gasteiger partial charge in [-0.2, -0.15) is 4.40 Å². The number of halogens is 6. The molecule has 0 bridgehead atoms. The van der Waals surface area contributed by atoms with Crippen molar-refractivity contribution in [1.29, 1.82) is 0 Å². The normalized spacial score (nSPS) is 13.4. The van der Waals surface area contributed by atoms with Crippen LogP contribution in [0.4, 0.5) is 26.3 Å². The third-order valence-electron chi connectivity index (χ3n) is 6.54. The molecule has 4 aromatic rings. The summed E-state index contributed by atoms with van der Waals surface area (Å²) < 4.78 is 108. The van der Waals surface area contributed by atoms with E-state index < -0.39 is 45.2 Å². The summed E-state index contributed by atoms with van der Waals surface area (Å²) in [4.78, 5) is 12.2. The lowest BCUT2D eigenvalue weighted by molar-refractivity contribution is -0.275. The molecule has 0 heterocycles. The summed E-state index contributed by atoms with van der Waals surface area (Å²) in [5, 5.41) is 5.04. The molecule has 7 nitrogen and oxygen atoms in total. The van der Waals surface area contributed by atoms with E-state index in [9.17, 15) is 39.6 Å². The Hall–Kier alpha value is -4.34. The Kier molecular flexibility index (Phi) is 15.7. The molecular formula is C38H42F6N2O5S2. The van der Waals surface area contributed by atoms with Crippen molar-refractivity contribution in [2.75, 3.05) is 0 Å². The standard InChI is InChI=1S/C19H20F3NO2S.C15H11F3O2.C4H11NOS/c1-13-7-5-8-14(11-13)17(23-26(24)18(2,3)4)15-9-6-10-16(12-15)25-19(20,21)22;1-10-4-2-5-11(8-10)14(19)12-6-3-7-13(9-12)20-15(16,17)18;1-4(2,3)7(5)6/h5-12H,1-4H3;2-9H,1H3;5H2,1-3H3/t26-;;7-/m1.1/s1. The van der Waals surface area contributed by atoms with Gasteiger partial charge in [0.1, 0.15) is 22.5 Å². The Bertz CT molecular complexity index is 1930. The molecule has 0 spiro atoms. The topological polar surface area (TPSA) is 108 Å². The van der Waals surface area contributed by atoms with Gasteiger partial charge >= 0.3 is 12.7 Å². The SMILES string of the molecule is CC(C)(C)[S@](N)=O.Cc1cccc(C(=N[S@](=O)C(C)(C)C)c2cccc(OC(F)(F)F)c2)c1.Cc1cccc(C(=O)c2cccc(OC(F)(F)F)c2)c1. The van der Waals surface area contributed by atoms with Crippen LogP contribution in [0.3, 0.4) is 0 Å². The van der Waals surface area contributed by atoms with Crippen LogP contribution in [0.25, 0.3) is 0 Å². The van der Waals surface area contributed by atoms with Crippen molar-refractivity contribution in [2.24, 2.45) is 9.54 Å². The number of hydrogen-bond acceptors (Lipinski definition) is 5. The van der Waals surface area contributed by atoms with Gasteiger partial charge in [0.05, 0.1) is 26.2 Å². The van der Waals surface area contributed by atoms with Gasteiger partial charge in [0, 0.05) is 22.3 Å². The maximum atomic E-state index is 12.5. The van der Waals surface area contributed by atoms with E-state index in [4.69, 9.17) is 5.14 Å². The summed E-state index contributed by atoms with van der Waals surface area (Å²) in [6.45, 7) is 14.6. The summed E-state index contributed by atoms with van der Waals surface area (Å²) in [5.74, 6) is -1.10. The van der Waals surface area contributed by atoms with Crippen molar-refractivity contribution in [3.63, 3.8) is 0 Å². The fourth-order valence-electron chi connectivity index (χ4n) is 3.91. The molecule has 2 N–H and O–H groups in total. The molecule has 288 valence electrons. The summed E-state index contributed by atoms with van der Waals surface area (Å²) in [5.41, 5.74) is 3.86. The molecule has 2 atom stereocenters. The lowest BCUT2D eigenvalue weighted by atomic mass is 10.0. The molecule has 0 aliphatic heterocycles. The average molecular weight is 785 g/mol. The summed E-state index contributed by atoms with van der Waals surface area (Å²) in [6, 6.07) is 24.7. The highest BCUT2D eigenvalue weighted by Crippen LogP contribution is 2.27. The molecule has 0 aliphatic rings. The number of benzene rings is 4. The van der Waals surface area contributed by atoms with E-state index in [0.717, 1.165) is 23.3 Å². The molecule has 0 unspecified atom stereocenters. The maximum absolute atomic E-state index is 12.5. The first-order chi connectivity index (χ1) is 24.2. The number of hydrogen-bond donors (Lipinski definition) is 1. The van der Waals surface area contributed by atoms with Crippen LogP contribution in [-0.2, 0) is 22.0 Å². The van der Waals surface area contributed by atoms with E-state index in [1.807, 2.05) is 58.9 Å². The van der Waals surface area contributed by atoms with Crippen LogP contribution in [0.1, 0.15) is 79.7 Å². The Balaban J connectivity index is 0.000000318. The van der Waals surface area contributed by atoms with Gasteiger partial charge in [-0.25, -0.2) is 8.42 Å². The quantitative estimate of drug-likeness (QED) is 0.114. The zero-order valence-corrected chi connectivity index (χ0v) is 32.0. The van der Waals surface area contributed by atoms with Gasteiger partial charge in [-0.1, -0.05) is 71.8 Å². The number of carbonyl (C=O) groups excluding carboxylic acids is 1. The number of ether oxygens (including phenoxy) is 2. The second-order valence-electron chi connectivity index (χ2n) is 13.4. The Morgan fingerprint density at radius 3 is 1.30 bits per heavy atom. The molecule has 0 radical (unpaired) electrons. The van der Waals surface area contributed by atoms with Crippen LogP contribution >= 0.6 is 0 Å². The van der Waals surface area contributed by atoms with Gasteiger partial charge in [-0.05, 0) is 91.8 Å². The number of rotatable bonds is 7. The number of aryl methyl sites for hydroxylation is 2. The lowest BCUT2D eigenvalue weighted by Crippen LogP contribution is -2.27. The van der Waals surface area contributed by atoms with E-state index in [-0.39, 0.29) is 21.8 Å². The average Bonchev–Trinajstić information content (AvgIpc) is 3.01. The van der Waals surface area contributed by atoms with Gasteiger partial charge in [0.25, 0.3) is 0 Å². The minimum absolute atomic E-state index is 0.150. The monoisotopic (exact) mass is 784 g/mol. The highest BCUT2D eigenvalue weighted by molar-refractivity contribution is 7.85. The summed E-state index contributed by atoms with van der Waals surface area (Å²) >= 11 is 0. The van der Waals surface area contributed by atoms with Gasteiger partial charge in [0.15, 0.2) is 5.78 Å². The predicted octanol–water partition coefficient (Wildman–Crippen LogP) is 9.73. The first-order valence-corrected chi connectivity index (χ1v) is 18.1. The van der Waals surface area contributed by atoms with Crippen LogP contribution in [0.5, 0.6) is 11.5 Å². The molecule has 0 aliphatic carbocycles. The first kappa shape index (κ1) is 44.8. The molecule has 0 amide bonds. The summed E-state index contributed by atoms with van der Waals surface area (Å²) in [7, 11) is -2.76. The summed E-state index contributed by atoms with van der Waals surface area (Å²) in [6.07, 6.45) is -9.56. The number of nitrogens with two attached hydrogens (primary N) is 1. The Labute approximate surface area is 310 Å². The fourth-order valence-corrected chi connectivity index (χ4v) is 4.56. The van der Waals surface area contributed by atoms with E-state index in [1.165, 1.54) is 30.3 Å². The van der Waals surface area contributed by atoms with Crippen molar-refractivity contribution in [3.8, 4) is 11.5 Å². The first-order valence-electron chi connectivity index (χ1n) is 15.8. The van der Waals surface area contributed by atoms with E-state index in [1.54, 1.807) is 51.1 Å². The predicted molar refractivity (Wildman–Crippen MR) is 198 cm³/mol. The number of ketones is 1. The fraction of sp³-hybridized carbons (Fsp3) is 0.316. The lowest BCUT2D eigenvalue weighted by Gasteiger charge is -2.16. The van der Waals surface area contributed by atoms with Crippen LogP contribution in [0.2, 0.25) is 0 Å². The van der Waals surface area contributed by atoms with Crippen LogP contribution in [0, 0.1) is 13.8 Å². The zero-order chi connectivity index (χ0) is 40.4. The third kappa shape index (κ3) is 16.5. The maximum Gasteiger partial charge on any atom is 0.573 e. The van der Waals surface area contributed by atoms with E-state index >= 15 is 0 Å². The smallest absolute Gasteiger partial charge is 0.406 e. The minimum Gasteiger partial charge on any atom is -0.406 e. The second-order valence-corrected chi connectivity index (χ2v) is 17.2. The molecule has 0 fully saturated rings. The molecule has 53 heavy (non-hydrogen) atoms. The highest BCUT2D eigenvalue weighted by Gasteiger charge is 2.32. The van der Waals surface area contributed by atoms with Crippen molar-refractivity contribution < 1.29 is 49.0 Å². The van der Waals surface area contributed by atoms with Crippen LogP contribution in [-0.4, -0.2) is 42.1 Å². The van der Waals surface area contributed by atoms with Gasteiger partial charge in [-0.3, -0.25) is 9.93 Å². The van der Waals surface area contributed by atoms with Crippen molar-refractivity contribution in [3.05, 3.63) is 130 Å². The van der Waals surface area contributed by atoms with Gasteiger partial charge in [0.2, 0.25) is 0 Å². The van der Waals surface area contributed by atoms with Gasteiger partial charge in [-0.15, -0.1) is 26.3 Å². The van der Waals surface area contributed by atoms with Crippen molar-refractivity contribution in [1.82, 2.24) is 0 Å². The number of nitrogens with zero attached hydrogens (tertiary/aromatic N) is 1. The second kappa shape index (κ2) is 18.6. The van der Waals surface area contributed by atoms with Gasteiger partial charge < -0.3 is 9.47 Å². The van der Waals surface area contributed by atoms with E-state index in [0.29, 0.717) is 22.4 Å². The molecule has 4 aromatic carbocycles. The highest BCUT2D eigenvalue weighted by atomic mass is 32.2. The minimum atomic E-state index is -4.78. The number of carbonyl (C=O) groups is 1. The van der Waals surface area contributed by atoms with Crippen LogP contribution < -0.4 is 14.6 Å². The third-order valence-corrected chi connectivity index (χ3v) is 9.15. The molecule has 4 rings (SSSR count). The molecule has 15 heteroatoms. The van der Waals surface area contributed by atoms with E-state index in [2.05, 4.69) is 13.9 Å². The van der Waals surface area contributed by atoms with Crippen LogP contribution in [0.15, 0.2) is 101 Å². The zero-order valence-electron chi connectivity index (χ0n) is 30.4. The Morgan fingerprint density at radius 2 is 0.925 bits per heavy atom. The number of alkyl halides is 6. The Morgan fingerprint density at radius 1 is 0.585 bits per heavy atom. The van der Waals surface area contributed by atoms with Crippen molar-refractivity contribution in [2.45, 2.75) is 77.6 Å². The molecule has 0 aromatic heterocycles. The molecular weight excluding hydrogens is 743 g/mol. The molecule has 0 saturated carbocycles.